The predicted molar refractivity (Wildman–Crippen MR) is 89.1 cm³/mol. The second-order valence-corrected chi connectivity index (χ2v) is 7.91. The number of hydrogen-bond acceptors (Lipinski definition) is 3. The molecule has 1 fully saturated rings. The van der Waals surface area contributed by atoms with Gasteiger partial charge in [0.15, 0.2) is 0 Å². The lowest BCUT2D eigenvalue weighted by molar-refractivity contribution is -0.137. The second-order valence-electron chi connectivity index (χ2n) is 5.57. The average molecular weight is 407 g/mol. The van der Waals surface area contributed by atoms with Crippen LogP contribution in [0.5, 0.6) is 0 Å². The molecule has 138 valence electrons. The third-order valence-corrected chi connectivity index (χ3v) is 6.05. The quantitative estimate of drug-likeness (QED) is 0.833. The molecule has 1 aromatic rings. The molecule has 10 heteroatoms. The van der Waals surface area contributed by atoms with E-state index >= 15 is 0 Å². The van der Waals surface area contributed by atoms with E-state index in [0.29, 0.717) is 32.1 Å². The SMILES string of the molecule is CNCC1CCCN(S(=O)(=O)c2ccc(Cl)c(C(F)(F)F)c2)C1.Cl. The number of alkyl halides is 3. The Morgan fingerprint density at radius 3 is 2.62 bits per heavy atom. The van der Waals surface area contributed by atoms with E-state index < -0.39 is 26.8 Å². The molecule has 1 aliphatic heterocycles. The van der Waals surface area contributed by atoms with Crippen LogP contribution in [0.3, 0.4) is 0 Å². The molecule has 0 amide bonds. The Hall–Kier alpha value is -0.540. The molecular weight excluding hydrogens is 388 g/mol. The van der Waals surface area contributed by atoms with Gasteiger partial charge in [0.2, 0.25) is 10.0 Å². The number of sulfonamides is 1. The molecule has 0 saturated carbocycles. The van der Waals surface area contributed by atoms with Crippen LogP contribution in [0.4, 0.5) is 13.2 Å². The highest BCUT2D eigenvalue weighted by Crippen LogP contribution is 2.36. The Morgan fingerprint density at radius 2 is 2.04 bits per heavy atom. The molecule has 2 rings (SSSR count). The van der Waals surface area contributed by atoms with Crippen molar-refractivity contribution in [2.75, 3.05) is 26.7 Å². The van der Waals surface area contributed by atoms with Gasteiger partial charge in [0.25, 0.3) is 0 Å². The number of hydrogen-bond donors (Lipinski definition) is 1. The molecule has 1 N–H and O–H groups in total. The fourth-order valence-electron chi connectivity index (χ4n) is 2.73. The van der Waals surface area contributed by atoms with Crippen LogP contribution in [0.2, 0.25) is 5.02 Å². The van der Waals surface area contributed by atoms with Crippen LogP contribution < -0.4 is 5.32 Å². The van der Waals surface area contributed by atoms with Gasteiger partial charge in [-0.3, -0.25) is 0 Å². The lowest BCUT2D eigenvalue weighted by Crippen LogP contribution is -2.42. The third-order valence-electron chi connectivity index (χ3n) is 3.86. The first-order chi connectivity index (χ1) is 10.7. The molecule has 0 aliphatic carbocycles. The van der Waals surface area contributed by atoms with Crippen LogP contribution >= 0.6 is 24.0 Å². The van der Waals surface area contributed by atoms with Gasteiger partial charge in [-0.1, -0.05) is 11.6 Å². The molecular formula is C14H19Cl2F3N2O2S. The molecule has 1 aromatic carbocycles. The maximum absolute atomic E-state index is 12.9. The zero-order chi connectivity index (χ0) is 17.3. The van der Waals surface area contributed by atoms with E-state index in [4.69, 9.17) is 11.6 Å². The van der Waals surface area contributed by atoms with Crippen LogP contribution in [0, 0.1) is 5.92 Å². The number of piperidine rings is 1. The summed E-state index contributed by atoms with van der Waals surface area (Å²) < 4.78 is 65.3. The monoisotopic (exact) mass is 406 g/mol. The van der Waals surface area contributed by atoms with Crippen molar-refractivity contribution < 1.29 is 21.6 Å². The van der Waals surface area contributed by atoms with Crippen LogP contribution in [0.1, 0.15) is 18.4 Å². The van der Waals surface area contributed by atoms with E-state index in [1.807, 2.05) is 0 Å². The standard InChI is InChI=1S/C14H18ClF3N2O2S.ClH/c1-19-8-10-3-2-6-20(9-10)23(21,22)11-4-5-13(15)12(7-11)14(16,17)18;/h4-5,7,10,19H,2-3,6,8-9H2,1H3;1H. The smallest absolute Gasteiger partial charge is 0.319 e. The van der Waals surface area contributed by atoms with Gasteiger partial charge in [-0.15, -0.1) is 12.4 Å². The van der Waals surface area contributed by atoms with Crippen LogP contribution in [0.15, 0.2) is 23.1 Å². The zero-order valence-corrected chi connectivity index (χ0v) is 15.3. The summed E-state index contributed by atoms with van der Waals surface area (Å²) in [6.07, 6.45) is -3.12. The normalized spacial score (nSPS) is 19.8. The minimum Gasteiger partial charge on any atom is -0.319 e. The van der Waals surface area contributed by atoms with Gasteiger partial charge >= 0.3 is 6.18 Å². The summed E-state index contributed by atoms with van der Waals surface area (Å²) in [5.74, 6) is 0.151. The van der Waals surface area contributed by atoms with Crippen LogP contribution in [-0.4, -0.2) is 39.4 Å². The van der Waals surface area contributed by atoms with E-state index in [0.717, 1.165) is 18.6 Å². The summed E-state index contributed by atoms with van der Waals surface area (Å²) in [4.78, 5) is -0.376. The van der Waals surface area contributed by atoms with E-state index in [9.17, 15) is 21.6 Å². The number of benzene rings is 1. The van der Waals surface area contributed by atoms with Crippen molar-refractivity contribution in [2.45, 2.75) is 23.9 Å². The molecule has 0 aromatic heterocycles. The summed E-state index contributed by atoms with van der Waals surface area (Å²) in [5, 5.41) is 2.49. The maximum Gasteiger partial charge on any atom is 0.417 e. The van der Waals surface area contributed by atoms with Crippen molar-refractivity contribution in [3.8, 4) is 0 Å². The van der Waals surface area contributed by atoms with E-state index in [-0.39, 0.29) is 23.2 Å². The summed E-state index contributed by atoms with van der Waals surface area (Å²) in [5.41, 5.74) is -1.14. The highest BCUT2D eigenvalue weighted by molar-refractivity contribution is 7.89. The molecule has 1 atom stereocenters. The third kappa shape index (κ3) is 4.76. The number of rotatable bonds is 4. The van der Waals surface area contributed by atoms with Gasteiger partial charge in [0.05, 0.1) is 15.5 Å². The fourth-order valence-corrected chi connectivity index (χ4v) is 4.54. The Morgan fingerprint density at radius 1 is 1.38 bits per heavy atom. The molecule has 1 aliphatic rings. The van der Waals surface area contributed by atoms with Crippen molar-refractivity contribution in [3.05, 3.63) is 28.8 Å². The first-order valence-corrected chi connectivity index (χ1v) is 8.99. The second kappa shape index (κ2) is 8.23. The summed E-state index contributed by atoms with van der Waals surface area (Å²) in [6.45, 7) is 1.28. The largest absolute Gasteiger partial charge is 0.417 e. The van der Waals surface area contributed by atoms with E-state index in [2.05, 4.69) is 5.32 Å². The van der Waals surface area contributed by atoms with Crippen LogP contribution in [-0.2, 0) is 16.2 Å². The average Bonchev–Trinajstić information content (AvgIpc) is 2.47. The van der Waals surface area contributed by atoms with Crippen molar-refractivity contribution in [3.63, 3.8) is 0 Å². The molecule has 1 unspecified atom stereocenters. The first kappa shape index (κ1) is 21.5. The van der Waals surface area contributed by atoms with Crippen LogP contribution in [0.25, 0.3) is 0 Å². The Kier molecular flexibility index (Phi) is 7.37. The molecule has 4 nitrogen and oxygen atoms in total. The molecule has 0 bridgehead atoms. The summed E-state index contributed by atoms with van der Waals surface area (Å²) in [6, 6.07) is 2.71. The van der Waals surface area contributed by atoms with Gasteiger partial charge < -0.3 is 5.32 Å². The lowest BCUT2D eigenvalue weighted by atomic mass is 10.00. The van der Waals surface area contributed by atoms with E-state index in [1.165, 1.54) is 4.31 Å². The number of nitrogens with zero attached hydrogens (tertiary/aromatic N) is 1. The van der Waals surface area contributed by atoms with Gasteiger partial charge in [0, 0.05) is 13.1 Å². The lowest BCUT2D eigenvalue weighted by Gasteiger charge is -2.32. The highest BCUT2D eigenvalue weighted by Gasteiger charge is 2.36. The van der Waals surface area contributed by atoms with Crippen molar-refractivity contribution in [1.29, 1.82) is 0 Å². The minimum atomic E-state index is -4.70. The zero-order valence-electron chi connectivity index (χ0n) is 12.9. The molecule has 1 heterocycles. The van der Waals surface area contributed by atoms with Crippen molar-refractivity contribution in [2.24, 2.45) is 5.92 Å². The number of halogens is 5. The fraction of sp³-hybridized carbons (Fsp3) is 0.571. The Balaban J connectivity index is 0.00000288. The van der Waals surface area contributed by atoms with Crippen molar-refractivity contribution >= 4 is 34.0 Å². The Labute approximate surface area is 150 Å². The van der Waals surface area contributed by atoms with Gasteiger partial charge in [0.1, 0.15) is 0 Å². The van der Waals surface area contributed by atoms with Crippen molar-refractivity contribution in [1.82, 2.24) is 9.62 Å². The Bertz CT molecular complexity index is 666. The summed E-state index contributed by atoms with van der Waals surface area (Å²) in [7, 11) is -2.19. The topological polar surface area (TPSA) is 49.4 Å². The summed E-state index contributed by atoms with van der Waals surface area (Å²) >= 11 is 5.54. The number of nitrogens with one attached hydrogen (secondary N) is 1. The van der Waals surface area contributed by atoms with Gasteiger partial charge in [-0.25, -0.2) is 8.42 Å². The maximum atomic E-state index is 12.9. The predicted octanol–water partition coefficient (Wildman–Crippen LogP) is 3.40. The molecule has 0 radical (unpaired) electrons. The molecule has 24 heavy (non-hydrogen) atoms. The van der Waals surface area contributed by atoms with Gasteiger partial charge in [-0.05, 0) is 50.6 Å². The molecule has 1 saturated heterocycles. The molecule has 0 spiro atoms. The van der Waals surface area contributed by atoms with E-state index in [1.54, 1.807) is 7.05 Å². The first-order valence-electron chi connectivity index (χ1n) is 7.17. The van der Waals surface area contributed by atoms with Gasteiger partial charge in [-0.2, -0.15) is 17.5 Å². The minimum absolute atomic E-state index is 0. The highest BCUT2D eigenvalue weighted by atomic mass is 35.5.